The SMILES string of the molecule is CC1(C)CC(c2ccc(C(=O)C(=O)c3ccccc3)cc2)(N2C(=O)c3ccccc3C2=O)C1. The third kappa shape index (κ3) is 3.23. The quantitative estimate of drug-likeness (QED) is 0.318. The first-order valence-electron chi connectivity index (χ1n) is 11.0. The van der Waals surface area contributed by atoms with Crippen LogP contribution >= 0.6 is 0 Å². The average Bonchev–Trinajstić information content (AvgIpc) is 3.07. The molecule has 0 spiro atoms. The Morgan fingerprint density at radius 2 is 1.12 bits per heavy atom. The van der Waals surface area contributed by atoms with E-state index >= 15 is 0 Å². The normalized spacial score (nSPS) is 17.9. The van der Waals surface area contributed by atoms with E-state index in [2.05, 4.69) is 13.8 Å². The Balaban J connectivity index is 1.49. The van der Waals surface area contributed by atoms with Gasteiger partial charge in [-0.1, -0.05) is 80.6 Å². The first kappa shape index (κ1) is 21.0. The molecule has 5 rings (SSSR count). The molecule has 0 atom stereocenters. The number of imide groups is 1. The van der Waals surface area contributed by atoms with Crippen molar-refractivity contribution in [2.45, 2.75) is 32.2 Å². The van der Waals surface area contributed by atoms with Gasteiger partial charge in [-0.3, -0.25) is 24.1 Å². The van der Waals surface area contributed by atoms with Crippen LogP contribution in [0.3, 0.4) is 0 Å². The molecule has 164 valence electrons. The number of amides is 2. The molecule has 0 unspecified atom stereocenters. The lowest BCUT2D eigenvalue weighted by atomic mass is 9.56. The van der Waals surface area contributed by atoms with Gasteiger partial charge in [-0.05, 0) is 36.0 Å². The number of carbonyl (C=O) groups is 4. The number of hydrogen-bond donors (Lipinski definition) is 0. The van der Waals surface area contributed by atoms with Gasteiger partial charge in [0.05, 0.1) is 16.7 Å². The minimum absolute atomic E-state index is 0.0346. The van der Waals surface area contributed by atoms with Gasteiger partial charge in [0.2, 0.25) is 11.6 Å². The Bertz CT molecular complexity index is 1260. The summed E-state index contributed by atoms with van der Waals surface area (Å²) in [5.41, 5.74) is 1.45. The van der Waals surface area contributed by atoms with Gasteiger partial charge in [0.15, 0.2) is 0 Å². The smallest absolute Gasteiger partial charge is 0.262 e. The maximum absolute atomic E-state index is 13.3. The third-order valence-electron chi connectivity index (χ3n) is 6.69. The Morgan fingerprint density at radius 1 is 0.667 bits per heavy atom. The summed E-state index contributed by atoms with van der Waals surface area (Å²) in [5, 5.41) is 0. The summed E-state index contributed by atoms with van der Waals surface area (Å²) in [6.45, 7) is 4.22. The highest BCUT2D eigenvalue weighted by molar-refractivity contribution is 6.49. The lowest BCUT2D eigenvalue weighted by Gasteiger charge is -2.57. The van der Waals surface area contributed by atoms with E-state index in [1.807, 2.05) is 0 Å². The average molecular weight is 437 g/mol. The molecule has 3 aromatic rings. The van der Waals surface area contributed by atoms with Crippen LogP contribution in [0.1, 0.15) is 73.7 Å². The fraction of sp³-hybridized carbons (Fsp3) is 0.214. The predicted molar refractivity (Wildman–Crippen MR) is 123 cm³/mol. The second-order valence-corrected chi connectivity index (χ2v) is 9.64. The van der Waals surface area contributed by atoms with Gasteiger partial charge in [-0.15, -0.1) is 0 Å². The van der Waals surface area contributed by atoms with Crippen molar-refractivity contribution in [2.24, 2.45) is 5.41 Å². The van der Waals surface area contributed by atoms with Gasteiger partial charge in [0.1, 0.15) is 0 Å². The molecule has 0 radical (unpaired) electrons. The van der Waals surface area contributed by atoms with E-state index in [0.29, 0.717) is 29.5 Å². The van der Waals surface area contributed by atoms with Crippen LogP contribution in [0.2, 0.25) is 0 Å². The molecule has 1 saturated carbocycles. The lowest BCUT2D eigenvalue weighted by Crippen LogP contribution is -2.59. The number of benzene rings is 3. The summed E-state index contributed by atoms with van der Waals surface area (Å²) in [6, 6.07) is 22.1. The van der Waals surface area contributed by atoms with Gasteiger partial charge >= 0.3 is 0 Å². The molecule has 0 aromatic heterocycles. The van der Waals surface area contributed by atoms with Crippen molar-refractivity contribution in [1.29, 1.82) is 0 Å². The first-order chi connectivity index (χ1) is 15.7. The molecule has 0 saturated heterocycles. The molecule has 0 N–H and O–H groups in total. The van der Waals surface area contributed by atoms with Gasteiger partial charge in [-0.2, -0.15) is 0 Å². The zero-order valence-electron chi connectivity index (χ0n) is 18.5. The summed E-state index contributed by atoms with van der Waals surface area (Å²) >= 11 is 0. The van der Waals surface area contributed by atoms with Crippen molar-refractivity contribution >= 4 is 23.4 Å². The number of fused-ring (bicyclic) bond motifs is 1. The molecule has 1 fully saturated rings. The third-order valence-corrected chi connectivity index (χ3v) is 6.69. The standard InChI is InChI=1S/C28H23NO4/c1-27(2)16-28(17-27,29-25(32)21-10-6-7-11-22(21)26(29)33)20-14-12-19(13-15-20)24(31)23(30)18-8-4-3-5-9-18/h3-15H,16-17H2,1-2H3. The summed E-state index contributed by atoms with van der Waals surface area (Å²) in [6.07, 6.45) is 1.25. The van der Waals surface area contributed by atoms with Gasteiger partial charge in [0, 0.05) is 11.1 Å². The second kappa shape index (κ2) is 7.34. The van der Waals surface area contributed by atoms with Crippen molar-refractivity contribution in [2.75, 3.05) is 0 Å². The second-order valence-electron chi connectivity index (χ2n) is 9.64. The van der Waals surface area contributed by atoms with E-state index in [1.165, 1.54) is 4.90 Å². The van der Waals surface area contributed by atoms with Crippen LogP contribution in [0.5, 0.6) is 0 Å². The van der Waals surface area contributed by atoms with Crippen LogP contribution in [0.4, 0.5) is 0 Å². The monoisotopic (exact) mass is 437 g/mol. The summed E-state index contributed by atoms with van der Waals surface area (Å²) in [5.74, 6) is -1.73. The molecule has 1 aliphatic carbocycles. The maximum atomic E-state index is 13.3. The van der Waals surface area contributed by atoms with Crippen molar-refractivity contribution in [3.63, 3.8) is 0 Å². The van der Waals surface area contributed by atoms with E-state index in [4.69, 9.17) is 0 Å². The van der Waals surface area contributed by atoms with E-state index < -0.39 is 17.1 Å². The number of nitrogens with zero attached hydrogens (tertiary/aromatic N) is 1. The molecular weight excluding hydrogens is 414 g/mol. The van der Waals surface area contributed by atoms with Crippen LogP contribution in [-0.4, -0.2) is 28.3 Å². The minimum atomic E-state index is -0.776. The molecule has 2 aliphatic rings. The number of carbonyl (C=O) groups excluding carboxylic acids is 4. The molecule has 0 bridgehead atoms. The molecule has 5 nitrogen and oxygen atoms in total. The highest BCUT2D eigenvalue weighted by atomic mass is 16.2. The Hall–Kier alpha value is -3.86. The zero-order chi connectivity index (χ0) is 23.4. The minimum Gasteiger partial charge on any atom is -0.285 e. The van der Waals surface area contributed by atoms with E-state index in [9.17, 15) is 19.2 Å². The van der Waals surface area contributed by atoms with Gasteiger partial charge in [-0.25, -0.2) is 0 Å². The molecular formula is C28H23NO4. The van der Waals surface area contributed by atoms with E-state index in [0.717, 1.165) is 5.56 Å². The highest BCUT2D eigenvalue weighted by Crippen LogP contribution is 2.58. The fourth-order valence-corrected chi connectivity index (χ4v) is 5.38. The Labute approximate surface area is 192 Å². The largest absolute Gasteiger partial charge is 0.285 e. The predicted octanol–water partition coefficient (Wildman–Crippen LogP) is 5.06. The summed E-state index contributed by atoms with van der Waals surface area (Å²) in [7, 11) is 0. The number of hydrogen-bond acceptors (Lipinski definition) is 4. The molecule has 1 aliphatic heterocycles. The Kier molecular flexibility index (Phi) is 4.67. The highest BCUT2D eigenvalue weighted by Gasteiger charge is 2.59. The molecule has 1 heterocycles. The van der Waals surface area contributed by atoms with Crippen molar-refractivity contribution in [1.82, 2.24) is 4.90 Å². The van der Waals surface area contributed by atoms with Crippen molar-refractivity contribution < 1.29 is 19.2 Å². The number of rotatable bonds is 5. The molecule has 2 amide bonds. The van der Waals surface area contributed by atoms with Crippen LogP contribution in [0, 0.1) is 5.41 Å². The molecule has 3 aromatic carbocycles. The van der Waals surface area contributed by atoms with Crippen LogP contribution in [0.25, 0.3) is 0 Å². The van der Waals surface area contributed by atoms with Gasteiger partial charge < -0.3 is 0 Å². The topological polar surface area (TPSA) is 71.5 Å². The lowest BCUT2D eigenvalue weighted by molar-refractivity contribution is -0.0415. The van der Waals surface area contributed by atoms with E-state index in [-0.39, 0.29) is 22.8 Å². The van der Waals surface area contributed by atoms with Crippen LogP contribution < -0.4 is 0 Å². The Morgan fingerprint density at radius 3 is 1.61 bits per heavy atom. The van der Waals surface area contributed by atoms with Crippen molar-refractivity contribution in [3.8, 4) is 0 Å². The van der Waals surface area contributed by atoms with Crippen molar-refractivity contribution in [3.05, 3.63) is 107 Å². The van der Waals surface area contributed by atoms with Gasteiger partial charge in [0.25, 0.3) is 11.8 Å². The van der Waals surface area contributed by atoms with Crippen LogP contribution in [0.15, 0.2) is 78.9 Å². The van der Waals surface area contributed by atoms with E-state index in [1.54, 1.807) is 78.9 Å². The summed E-state index contributed by atoms with van der Waals surface area (Å²) in [4.78, 5) is 53.2. The zero-order valence-corrected chi connectivity index (χ0v) is 18.5. The first-order valence-corrected chi connectivity index (χ1v) is 11.0. The summed E-state index contributed by atoms with van der Waals surface area (Å²) < 4.78 is 0. The molecule has 33 heavy (non-hydrogen) atoms. The maximum Gasteiger partial charge on any atom is 0.262 e. The number of ketones is 2. The fourth-order valence-electron chi connectivity index (χ4n) is 5.38. The number of Topliss-reactive ketones (excluding diaryl/α,β-unsaturated/α-hetero) is 2. The van der Waals surface area contributed by atoms with Crippen LogP contribution in [-0.2, 0) is 5.54 Å². The molecule has 5 heteroatoms.